The maximum Gasteiger partial charge on any atom is 0.543 e. The van der Waals surface area contributed by atoms with Crippen LogP contribution < -0.4 is 0 Å². The Kier molecular flexibility index (Phi) is 6.17. The third kappa shape index (κ3) is 6.76. The van der Waals surface area contributed by atoms with Gasteiger partial charge in [-0.3, -0.25) is 4.89 Å². The van der Waals surface area contributed by atoms with Gasteiger partial charge >= 0.3 is 12.1 Å². The average molecular weight is 296 g/mol. The third-order valence-electron chi connectivity index (χ3n) is 2.43. The number of hydrogen-bond acceptors (Lipinski definition) is 6. The number of carbonyl (C=O) groups excluding carboxylic acids is 2. The maximum absolute atomic E-state index is 11.6. The molecule has 0 radical (unpaired) electrons. The molecule has 0 aliphatic carbocycles. The number of rotatable bonds is 5. The number of carbonyl (C=O) groups is 2. The molecule has 6 heteroatoms. The Hall–Kier alpha value is -2.08. The van der Waals surface area contributed by atoms with E-state index in [-0.39, 0.29) is 12.0 Å². The SMILES string of the molecule is CCc1ccc(C(=O)OOOC(=O)OCC(C)(C)C)cc1. The molecule has 0 saturated heterocycles. The predicted octanol–water partition coefficient (Wildman–Crippen LogP) is 3.45. The lowest BCUT2D eigenvalue weighted by atomic mass is 9.99. The van der Waals surface area contributed by atoms with Gasteiger partial charge in [-0.25, -0.2) is 14.5 Å². The van der Waals surface area contributed by atoms with E-state index in [4.69, 9.17) is 4.74 Å². The van der Waals surface area contributed by atoms with E-state index in [1.165, 1.54) is 0 Å². The fraction of sp³-hybridized carbons (Fsp3) is 0.467. The lowest BCUT2D eigenvalue weighted by molar-refractivity contribution is -0.452. The molecular formula is C15H20O6. The van der Waals surface area contributed by atoms with Crippen LogP contribution in [0.5, 0.6) is 0 Å². The van der Waals surface area contributed by atoms with Crippen LogP contribution in [0.3, 0.4) is 0 Å². The molecule has 0 atom stereocenters. The quantitative estimate of drug-likeness (QED) is 0.471. The predicted molar refractivity (Wildman–Crippen MR) is 74.2 cm³/mol. The number of aryl methyl sites for hydroxylation is 1. The summed E-state index contributed by atoms with van der Waals surface area (Å²) >= 11 is 0. The van der Waals surface area contributed by atoms with Gasteiger partial charge in [0, 0.05) is 0 Å². The zero-order valence-electron chi connectivity index (χ0n) is 12.7. The molecule has 0 fully saturated rings. The Bertz CT molecular complexity index is 472. The van der Waals surface area contributed by atoms with Crippen molar-refractivity contribution in [3.05, 3.63) is 35.4 Å². The zero-order valence-corrected chi connectivity index (χ0v) is 12.7. The molecule has 0 heterocycles. The summed E-state index contributed by atoms with van der Waals surface area (Å²) in [4.78, 5) is 31.2. The highest BCUT2D eigenvalue weighted by atomic mass is 17.5. The fourth-order valence-electron chi connectivity index (χ4n) is 1.30. The number of ether oxygens (including phenoxy) is 1. The summed E-state index contributed by atoms with van der Waals surface area (Å²) in [6.45, 7) is 7.83. The first kappa shape index (κ1) is 17.0. The molecule has 1 aromatic carbocycles. The second kappa shape index (κ2) is 7.64. The summed E-state index contributed by atoms with van der Waals surface area (Å²) in [6, 6.07) is 6.80. The molecule has 0 aliphatic rings. The van der Waals surface area contributed by atoms with Crippen molar-refractivity contribution < 1.29 is 29.1 Å². The Balaban J connectivity index is 2.31. The molecule has 116 valence electrons. The van der Waals surface area contributed by atoms with Gasteiger partial charge in [-0.15, -0.1) is 0 Å². The molecule has 0 N–H and O–H groups in total. The number of benzene rings is 1. The van der Waals surface area contributed by atoms with Crippen LogP contribution in [0.25, 0.3) is 0 Å². The molecule has 0 unspecified atom stereocenters. The first-order valence-corrected chi connectivity index (χ1v) is 6.63. The number of hydrogen-bond donors (Lipinski definition) is 0. The maximum atomic E-state index is 11.6. The minimum Gasteiger partial charge on any atom is -0.432 e. The van der Waals surface area contributed by atoms with E-state index in [1.54, 1.807) is 24.3 Å². The first-order valence-electron chi connectivity index (χ1n) is 6.63. The molecule has 0 amide bonds. The molecule has 21 heavy (non-hydrogen) atoms. The van der Waals surface area contributed by atoms with Gasteiger partial charge in [0.05, 0.1) is 17.2 Å². The monoisotopic (exact) mass is 296 g/mol. The Morgan fingerprint density at radius 3 is 2.19 bits per heavy atom. The lowest BCUT2D eigenvalue weighted by Crippen LogP contribution is -2.19. The van der Waals surface area contributed by atoms with Crippen LogP contribution in [-0.2, 0) is 26.0 Å². The molecule has 0 spiro atoms. The highest BCUT2D eigenvalue weighted by molar-refractivity contribution is 5.88. The Labute approximate surface area is 123 Å². The van der Waals surface area contributed by atoms with Gasteiger partial charge in [-0.1, -0.05) is 39.8 Å². The van der Waals surface area contributed by atoms with Crippen molar-refractivity contribution in [1.82, 2.24) is 0 Å². The summed E-state index contributed by atoms with van der Waals surface area (Å²) in [5.74, 6) is -0.763. The van der Waals surface area contributed by atoms with Crippen LogP contribution in [0.15, 0.2) is 24.3 Å². The summed E-state index contributed by atoms with van der Waals surface area (Å²) in [5.41, 5.74) is 1.19. The second-order valence-corrected chi connectivity index (χ2v) is 5.67. The van der Waals surface area contributed by atoms with E-state index in [0.717, 1.165) is 12.0 Å². The Morgan fingerprint density at radius 2 is 1.67 bits per heavy atom. The Morgan fingerprint density at radius 1 is 1.05 bits per heavy atom. The van der Waals surface area contributed by atoms with Crippen molar-refractivity contribution in [1.29, 1.82) is 0 Å². The molecule has 0 bridgehead atoms. The van der Waals surface area contributed by atoms with Gasteiger partial charge in [0.15, 0.2) is 0 Å². The summed E-state index contributed by atoms with van der Waals surface area (Å²) in [5, 5.41) is 4.11. The van der Waals surface area contributed by atoms with Crippen LogP contribution >= 0.6 is 0 Å². The van der Waals surface area contributed by atoms with Crippen molar-refractivity contribution >= 4 is 12.1 Å². The van der Waals surface area contributed by atoms with Gasteiger partial charge in [0.25, 0.3) is 0 Å². The largest absolute Gasteiger partial charge is 0.543 e. The minimum absolute atomic E-state index is 0.154. The van der Waals surface area contributed by atoms with Crippen LogP contribution in [0, 0.1) is 5.41 Å². The van der Waals surface area contributed by atoms with Gasteiger partial charge < -0.3 is 4.74 Å². The van der Waals surface area contributed by atoms with Crippen LogP contribution in [0.4, 0.5) is 4.79 Å². The molecule has 0 aromatic heterocycles. The molecule has 0 saturated carbocycles. The van der Waals surface area contributed by atoms with Crippen LogP contribution in [-0.4, -0.2) is 18.7 Å². The van der Waals surface area contributed by atoms with E-state index in [0.29, 0.717) is 5.56 Å². The third-order valence-corrected chi connectivity index (χ3v) is 2.43. The van der Waals surface area contributed by atoms with Gasteiger partial charge in [0.2, 0.25) is 0 Å². The minimum atomic E-state index is -1.07. The molecule has 1 aromatic rings. The van der Waals surface area contributed by atoms with E-state index in [1.807, 2.05) is 27.7 Å². The van der Waals surface area contributed by atoms with E-state index in [9.17, 15) is 9.59 Å². The highest BCUT2D eigenvalue weighted by Gasteiger charge is 2.16. The normalized spacial score (nSPS) is 10.9. The summed E-state index contributed by atoms with van der Waals surface area (Å²) in [7, 11) is 0. The van der Waals surface area contributed by atoms with Crippen molar-refractivity contribution in [2.24, 2.45) is 5.41 Å². The van der Waals surface area contributed by atoms with E-state index in [2.05, 4.69) is 14.8 Å². The van der Waals surface area contributed by atoms with Crippen molar-refractivity contribution in [3.8, 4) is 0 Å². The van der Waals surface area contributed by atoms with Crippen LogP contribution in [0.2, 0.25) is 0 Å². The van der Waals surface area contributed by atoms with Crippen molar-refractivity contribution in [2.75, 3.05) is 6.61 Å². The molecule has 0 aliphatic heterocycles. The van der Waals surface area contributed by atoms with E-state index < -0.39 is 12.1 Å². The van der Waals surface area contributed by atoms with E-state index >= 15 is 0 Å². The second-order valence-electron chi connectivity index (χ2n) is 5.67. The summed E-state index contributed by atoms with van der Waals surface area (Å²) in [6.07, 6.45) is -0.201. The fourth-order valence-corrected chi connectivity index (χ4v) is 1.30. The molecule has 1 rings (SSSR count). The van der Waals surface area contributed by atoms with Gasteiger partial charge in [-0.2, -0.15) is 0 Å². The van der Waals surface area contributed by atoms with Crippen molar-refractivity contribution in [2.45, 2.75) is 34.1 Å². The van der Waals surface area contributed by atoms with Crippen molar-refractivity contribution in [3.63, 3.8) is 0 Å². The highest BCUT2D eigenvalue weighted by Crippen LogP contribution is 2.13. The average Bonchev–Trinajstić information content (AvgIpc) is 2.44. The van der Waals surface area contributed by atoms with Crippen LogP contribution in [0.1, 0.15) is 43.6 Å². The van der Waals surface area contributed by atoms with Gasteiger partial charge in [0.1, 0.15) is 0 Å². The smallest absolute Gasteiger partial charge is 0.432 e. The molecule has 6 nitrogen and oxygen atoms in total. The topological polar surface area (TPSA) is 71.1 Å². The zero-order chi connectivity index (χ0) is 15.9. The standard InChI is InChI=1S/C15H20O6/c1-5-11-6-8-12(9-7-11)13(16)19-21-20-14(17)18-10-15(2,3)4/h6-9H,5,10H2,1-4H3. The van der Waals surface area contributed by atoms with Gasteiger partial charge in [-0.05, 0) is 29.5 Å². The first-order chi connectivity index (χ1) is 9.81. The molecular weight excluding hydrogens is 276 g/mol. The summed E-state index contributed by atoms with van der Waals surface area (Å²) < 4.78 is 4.75. The lowest BCUT2D eigenvalue weighted by Gasteiger charge is -2.16.